The van der Waals surface area contributed by atoms with E-state index < -0.39 is 0 Å². The first-order valence-corrected chi connectivity index (χ1v) is 9.55. The summed E-state index contributed by atoms with van der Waals surface area (Å²) in [6, 6.07) is 12.3. The van der Waals surface area contributed by atoms with E-state index in [0.717, 1.165) is 16.2 Å². The van der Waals surface area contributed by atoms with Gasteiger partial charge < -0.3 is 4.74 Å². The number of nitrogens with zero attached hydrogens (tertiary/aromatic N) is 1. The summed E-state index contributed by atoms with van der Waals surface area (Å²) in [5, 5.41) is 4.64. The van der Waals surface area contributed by atoms with Crippen molar-refractivity contribution in [2.24, 2.45) is 0 Å². The van der Waals surface area contributed by atoms with Gasteiger partial charge in [0.15, 0.2) is 5.13 Å². The van der Waals surface area contributed by atoms with Gasteiger partial charge in [-0.2, -0.15) is 0 Å². The highest BCUT2D eigenvalue weighted by Gasteiger charge is 2.11. The minimum atomic E-state index is -0.213. The Hall–Kier alpha value is -2.08. The van der Waals surface area contributed by atoms with Crippen LogP contribution in [0.4, 0.5) is 5.13 Å². The van der Waals surface area contributed by atoms with Gasteiger partial charge >= 0.3 is 0 Å². The molecule has 3 aromatic rings. The number of carbonyl (C=O) groups is 1. The maximum Gasteiger partial charge on any atom is 0.257 e. The molecule has 1 amide bonds. The van der Waals surface area contributed by atoms with E-state index in [0.29, 0.717) is 33.8 Å². The van der Waals surface area contributed by atoms with Crippen molar-refractivity contribution < 1.29 is 9.53 Å². The van der Waals surface area contributed by atoms with E-state index in [9.17, 15) is 4.79 Å². The number of rotatable bonds is 6. The highest BCUT2D eigenvalue weighted by Crippen LogP contribution is 2.27. The molecule has 0 radical (unpaired) electrons. The number of anilines is 1. The van der Waals surface area contributed by atoms with Gasteiger partial charge in [-0.3, -0.25) is 10.1 Å². The van der Waals surface area contributed by atoms with Gasteiger partial charge in [0.05, 0.1) is 6.61 Å². The zero-order valence-electron chi connectivity index (χ0n) is 14.0. The lowest BCUT2D eigenvalue weighted by atomic mass is 10.1. The largest absolute Gasteiger partial charge is 0.494 e. The maximum absolute atomic E-state index is 12.3. The molecule has 0 saturated heterocycles. The van der Waals surface area contributed by atoms with Gasteiger partial charge in [-0.05, 0) is 55.0 Å². The summed E-state index contributed by atoms with van der Waals surface area (Å²) in [5.41, 5.74) is 1.47. The molecule has 7 heteroatoms. The number of nitrogens with one attached hydrogen (secondary N) is 1. The van der Waals surface area contributed by atoms with Crippen molar-refractivity contribution in [3.63, 3.8) is 0 Å². The molecule has 0 fully saturated rings. The molecule has 0 spiro atoms. The molecule has 134 valence electrons. The number of thiazole rings is 1. The van der Waals surface area contributed by atoms with Gasteiger partial charge in [0.2, 0.25) is 0 Å². The van der Waals surface area contributed by atoms with Crippen LogP contribution >= 0.6 is 34.5 Å². The molecule has 0 aliphatic rings. The first-order valence-electron chi connectivity index (χ1n) is 7.98. The molecule has 1 N–H and O–H groups in total. The van der Waals surface area contributed by atoms with E-state index in [1.54, 1.807) is 42.6 Å². The van der Waals surface area contributed by atoms with E-state index in [2.05, 4.69) is 10.3 Å². The minimum Gasteiger partial charge on any atom is -0.494 e. The molecule has 26 heavy (non-hydrogen) atoms. The van der Waals surface area contributed by atoms with Crippen LogP contribution in [0.5, 0.6) is 5.75 Å². The van der Waals surface area contributed by atoms with Crippen LogP contribution in [-0.4, -0.2) is 17.5 Å². The molecule has 2 aromatic carbocycles. The predicted molar refractivity (Wildman–Crippen MR) is 107 cm³/mol. The molecule has 3 rings (SSSR count). The number of benzene rings is 2. The minimum absolute atomic E-state index is 0.213. The molecule has 1 aromatic heterocycles. The summed E-state index contributed by atoms with van der Waals surface area (Å²) in [6.45, 7) is 2.50. The Morgan fingerprint density at radius 3 is 2.69 bits per heavy atom. The molecule has 0 unspecified atom stereocenters. The summed E-state index contributed by atoms with van der Waals surface area (Å²) >= 11 is 13.6. The molecule has 0 aliphatic carbocycles. The van der Waals surface area contributed by atoms with E-state index in [4.69, 9.17) is 27.9 Å². The van der Waals surface area contributed by atoms with Crippen LogP contribution in [0.25, 0.3) is 0 Å². The second kappa shape index (κ2) is 8.54. The summed E-state index contributed by atoms with van der Waals surface area (Å²) < 4.78 is 5.37. The lowest BCUT2D eigenvalue weighted by Gasteiger charge is -2.05. The molecule has 0 saturated carbocycles. The van der Waals surface area contributed by atoms with Gasteiger partial charge in [-0.15, -0.1) is 11.3 Å². The maximum atomic E-state index is 12.3. The fraction of sp³-hybridized carbons (Fsp3) is 0.158. The van der Waals surface area contributed by atoms with Crippen LogP contribution < -0.4 is 10.1 Å². The Kier molecular flexibility index (Phi) is 6.14. The van der Waals surface area contributed by atoms with Crippen molar-refractivity contribution in [2.75, 3.05) is 11.9 Å². The monoisotopic (exact) mass is 406 g/mol. The van der Waals surface area contributed by atoms with Gasteiger partial charge in [0.25, 0.3) is 5.91 Å². The fourth-order valence-corrected chi connectivity index (χ4v) is 3.56. The third kappa shape index (κ3) is 4.75. The van der Waals surface area contributed by atoms with Crippen LogP contribution in [0.3, 0.4) is 0 Å². The summed E-state index contributed by atoms with van der Waals surface area (Å²) in [7, 11) is 0. The van der Waals surface area contributed by atoms with Crippen LogP contribution in [-0.2, 0) is 6.42 Å². The summed E-state index contributed by atoms with van der Waals surface area (Å²) in [6.07, 6.45) is 2.34. The highest BCUT2D eigenvalue weighted by atomic mass is 35.5. The average Bonchev–Trinajstić information content (AvgIpc) is 3.06. The smallest absolute Gasteiger partial charge is 0.257 e. The number of ether oxygens (including phenoxy) is 1. The zero-order chi connectivity index (χ0) is 18.5. The third-order valence-electron chi connectivity index (χ3n) is 3.57. The third-order valence-corrected chi connectivity index (χ3v) is 5.09. The molecule has 4 nitrogen and oxygen atoms in total. The van der Waals surface area contributed by atoms with Gasteiger partial charge in [-0.1, -0.05) is 23.2 Å². The van der Waals surface area contributed by atoms with Crippen LogP contribution in [0.15, 0.2) is 48.7 Å². The molecular weight excluding hydrogens is 391 g/mol. The molecule has 0 bridgehead atoms. The summed E-state index contributed by atoms with van der Waals surface area (Å²) in [5.74, 6) is 0.522. The number of hydrogen-bond acceptors (Lipinski definition) is 4. The zero-order valence-corrected chi connectivity index (χ0v) is 16.3. The number of hydrogen-bond donors (Lipinski definition) is 1. The van der Waals surface area contributed by atoms with Gasteiger partial charge in [0.1, 0.15) is 5.75 Å². The van der Waals surface area contributed by atoms with Crippen LogP contribution in [0.1, 0.15) is 27.7 Å². The van der Waals surface area contributed by atoms with Crippen molar-refractivity contribution in [1.29, 1.82) is 0 Å². The van der Waals surface area contributed by atoms with E-state index in [-0.39, 0.29) is 5.91 Å². The lowest BCUT2D eigenvalue weighted by molar-refractivity contribution is 0.102. The van der Waals surface area contributed by atoms with Gasteiger partial charge in [0, 0.05) is 33.1 Å². The van der Waals surface area contributed by atoms with E-state index in [1.807, 2.05) is 13.0 Å². The molecule has 0 aliphatic heterocycles. The standard InChI is InChI=1S/C19H16Cl2N2O2S/c1-2-25-15-6-3-12(4-7-15)18(24)23-19-22-11-16(26-19)10-13-9-14(20)5-8-17(13)21/h3-9,11H,2,10H2,1H3,(H,22,23,24). The van der Waals surface area contributed by atoms with Crippen LogP contribution in [0.2, 0.25) is 10.0 Å². The van der Waals surface area contributed by atoms with Crippen molar-refractivity contribution in [2.45, 2.75) is 13.3 Å². The second-order valence-corrected chi connectivity index (χ2v) is 7.41. The topological polar surface area (TPSA) is 51.2 Å². The number of carbonyl (C=O) groups excluding carboxylic acids is 1. The Labute approximate surface area is 165 Å². The Morgan fingerprint density at radius 2 is 1.96 bits per heavy atom. The predicted octanol–water partition coefficient (Wildman–Crippen LogP) is 5.69. The second-order valence-electron chi connectivity index (χ2n) is 5.46. The Bertz CT molecular complexity index is 910. The summed E-state index contributed by atoms with van der Waals surface area (Å²) in [4.78, 5) is 17.6. The Morgan fingerprint density at radius 1 is 1.19 bits per heavy atom. The van der Waals surface area contributed by atoms with E-state index >= 15 is 0 Å². The first kappa shape index (κ1) is 18.7. The lowest BCUT2D eigenvalue weighted by Crippen LogP contribution is -2.11. The fourth-order valence-electron chi connectivity index (χ4n) is 2.35. The average molecular weight is 407 g/mol. The number of amides is 1. The number of halogens is 2. The normalized spacial score (nSPS) is 10.6. The van der Waals surface area contributed by atoms with Crippen LogP contribution in [0, 0.1) is 0 Å². The quantitative estimate of drug-likeness (QED) is 0.571. The SMILES string of the molecule is CCOc1ccc(C(=O)Nc2ncc(Cc3cc(Cl)ccc3Cl)s2)cc1. The number of aromatic nitrogens is 1. The van der Waals surface area contributed by atoms with Crippen molar-refractivity contribution in [1.82, 2.24) is 4.98 Å². The van der Waals surface area contributed by atoms with Gasteiger partial charge in [-0.25, -0.2) is 4.98 Å². The van der Waals surface area contributed by atoms with Crippen molar-refractivity contribution >= 4 is 45.6 Å². The molecule has 1 heterocycles. The highest BCUT2D eigenvalue weighted by molar-refractivity contribution is 7.15. The first-order chi connectivity index (χ1) is 12.5. The van der Waals surface area contributed by atoms with Crippen molar-refractivity contribution in [3.05, 3.63) is 74.7 Å². The Balaban J connectivity index is 1.66. The molecular formula is C19H16Cl2N2O2S. The molecule has 0 atom stereocenters. The van der Waals surface area contributed by atoms with Crippen molar-refractivity contribution in [3.8, 4) is 5.75 Å². The van der Waals surface area contributed by atoms with E-state index in [1.165, 1.54) is 11.3 Å².